The van der Waals surface area contributed by atoms with E-state index in [1.165, 1.54) is 24.3 Å². The van der Waals surface area contributed by atoms with Crippen molar-refractivity contribution in [1.82, 2.24) is 0 Å². The Bertz CT molecular complexity index is 735. The number of sulfonamides is 1. The van der Waals surface area contributed by atoms with E-state index < -0.39 is 15.8 Å². The summed E-state index contributed by atoms with van der Waals surface area (Å²) >= 11 is 5.78. The third-order valence-corrected chi connectivity index (χ3v) is 4.15. The molecule has 20 heavy (non-hydrogen) atoms. The summed E-state index contributed by atoms with van der Waals surface area (Å²) in [5, 5.41) is 0.388. The van der Waals surface area contributed by atoms with Crippen molar-refractivity contribution in [2.45, 2.75) is 11.4 Å². The fourth-order valence-corrected chi connectivity index (χ4v) is 2.84. The van der Waals surface area contributed by atoms with E-state index in [9.17, 15) is 12.8 Å². The van der Waals surface area contributed by atoms with Crippen LogP contribution in [0.3, 0.4) is 0 Å². The van der Waals surface area contributed by atoms with Gasteiger partial charge in [-0.1, -0.05) is 29.8 Å². The Morgan fingerprint density at radius 1 is 1.20 bits per heavy atom. The minimum atomic E-state index is -3.91. The van der Waals surface area contributed by atoms with Gasteiger partial charge in [0.15, 0.2) is 0 Å². The summed E-state index contributed by atoms with van der Waals surface area (Å²) in [5.41, 5.74) is 4.00. The summed E-state index contributed by atoms with van der Waals surface area (Å²) in [6.07, 6.45) is 0. The van der Waals surface area contributed by atoms with Crippen LogP contribution in [0.15, 0.2) is 47.4 Å². The number of benzene rings is 2. The van der Waals surface area contributed by atoms with Crippen LogP contribution in [0.25, 0.3) is 4.72 Å². The second-order valence-electron chi connectivity index (χ2n) is 4.05. The second-order valence-corrected chi connectivity index (χ2v) is 6.09. The Balaban J connectivity index is 2.35. The van der Waals surface area contributed by atoms with Gasteiger partial charge in [-0.05, 0) is 24.3 Å². The van der Waals surface area contributed by atoms with Crippen LogP contribution in [0.4, 0.5) is 10.1 Å². The van der Waals surface area contributed by atoms with Gasteiger partial charge in [0, 0.05) is 10.6 Å². The molecular weight excluding hydrogens is 303 g/mol. The lowest BCUT2D eigenvalue weighted by Crippen LogP contribution is -2.47. The predicted octanol–water partition coefficient (Wildman–Crippen LogP) is 2.62. The maximum atomic E-state index is 13.4. The van der Waals surface area contributed by atoms with Crippen LogP contribution in [-0.4, -0.2) is 8.42 Å². The first-order valence-electron chi connectivity index (χ1n) is 5.73. The number of rotatable bonds is 4. The van der Waals surface area contributed by atoms with Gasteiger partial charge in [0.1, 0.15) is 22.4 Å². The molecule has 3 N–H and O–H groups in total. The summed E-state index contributed by atoms with van der Waals surface area (Å²) in [6, 6.07) is 9.69. The van der Waals surface area contributed by atoms with Gasteiger partial charge < -0.3 is 10.5 Å². The molecule has 2 aromatic rings. The van der Waals surface area contributed by atoms with Crippen molar-refractivity contribution >= 4 is 27.3 Å². The zero-order valence-corrected chi connectivity index (χ0v) is 12.0. The molecule has 0 saturated carbocycles. The average Bonchev–Trinajstić information content (AvgIpc) is 2.38. The topological polar surface area (TPSA) is 75.9 Å². The lowest BCUT2D eigenvalue weighted by molar-refractivity contribution is -0.387. The van der Waals surface area contributed by atoms with Crippen LogP contribution >= 0.6 is 11.6 Å². The number of quaternary nitrogens is 1. The third-order valence-electron chi connectivity index (χ3n) is 2.62. The standard InChI is InChI=1S/C13H11ClFN2O2S/c14-10-2-1-3-11(7-10)17-20(18,19)12-4-5-13(15)9(6-12)8-16/h1-7H,8,16H2/q-1/p+1. The molecule has 2 rings (SSSR count). The molecule has 0 spiro atoms. The summed E-state index contributed by atoms with van der Waals surface area (Å²) in [7, 11) is -3.91. The highest BCUT2D eigenvalue weighted by atomic mass is 35.5. The van der Waals surface area contributed by atoms with Crippen molar-refractivity contribution in [2.75, 3.05) is 0 Å². The molecule has 0 atom stereocenters. The van der Waals surface area contributed by atoms with Crippen LogP contribution in [-0.2, 0) is 16.6 Å². The summed E-state index contributed by atoms with van der Waals surface area (Å²) < 4.78 is 41.3. The molecular formula is C13H12ClFN2O2S. The number of hydrogen-bond acceptors (Lipinski definition) is 2. The van der Waals surface area contributed by atoms with E-state index in [0.29, 0.717) is 5.02 Å². The van der Waals surface area contributed by atoms with E-state index in [-0.39, 0.29) is 22.7 Å². The molecule has 0 aliphatic carbocycles. The van der Waals surface area contributed by atoms with Gasteiger partial charge in [0.05, 0.1) is 4.90 Å². The Morgan fingerprint density at radius 2 is 1.95 bits per heavy atom. The lowest BCUT2D eigenvalue weighted by atomic mass is 10.2. The van der Waals surface area contributed by atoms with E-state index in [2.05, 4.69) is 10.5 Å². The Labute approximate surface area is 121 Å². The van der Waals surface area contributed by atoms with Gasteiger partial charge in [0.2, 0.25) is 0 Å². The van der Waals surface area contributed by atoms with E-state index in [4.69, 9.17) is 11.6 Å². The molecule has 0 unspecified atom stereocenters. The molecule has 0 heterocycles. The fraction of sp³-hybridized carbons (Fsp3) is 0.0769. The molecule has 7 heteroatoms. The SMILES string of the molecule is [NH3+]Cc1cc(S(=O)(=O)[N-]c2cccc(Cl)c2)ccc1F. The van der Waals surface area contributed by atoms with Gasteiger partial charge in [-0.15, -0.1) is 5.69 Å². The van der Waals surface area contributed by atoms with E-state index in [1.807, 2.05) is 0 Å². The number of hydrogen-bond donors (Lipinski definition) is 1. The molecule has 0 saturated heterocycles. The summed E-state index contributed by atoms with van der Waals surface area (Å²) in [5.74, 6) is -0.485. The minimum absolute atomic E-state index is 0.0717. The normalized spacial score (nSPS) is 11.3. The van der Waals surface area contributed by atoms with Crippen molar-refractivity contribution in [3.63, 3.8) is 0 Å². The largest absolute Gasteiger partial charge is 0.573 e. The summed E-state index contributed by atoms with van der Waals surface area (Å²) in [4.78, 5) is -0.0717. The first kappa shape index (κ1) is 14.8. The zero-order valence-electron chi connectivity index (χ0n) is 10.4. The monoisotopic (exact) mass is 314 g/mol. The maximum absolute atomic E-state index is 13.4. The zero-order chi connectivity index (χ0) is 14.8. The van der Waals surface area contributed by atoms with Gasteiger partial charge in [-0.25, -0.2) is 12.8 Å². The molecule has 0 radical (unpaired) electrons. The van der Waals surface area contributed by atoms with Gasteiger partial charge in [-0.3, -0.25) is 0 Å². The van der Waals surface area contributed by atoms with Crippen molar-refractivity contribution in [1.29, 1.82) is 0 Å². The Hall–Kier alpha value is -1.63. The highest BCUT2D eigenvalue weighted by Gasteiger charge is 2.09. The first-order chi connectivity index (χ1) is 9.42. The van der Waals surface area contributed by atoms with E-state index >= 15 is 0 Å². The van der Waals surface area contributed by atoms with Crippen molar-refractivity contribution in [3.05, 3.63) is 63.6 Å². The van der Waals surface area contributed by atoms with Gasteiger partial charge in [0.25, 0.3) is 0 Å². The predicted molar refractivity (Wildman–Crippen MR) is 74.6 cm³/mol. The van der Waals surface area contributed by atoms with Crippen LogP contribution in [0, 0.1) is 5.82 Å². The van der Waals surface area contributed by atoms with Gasteiger partial charge in [-0.2, -0.15) is 0 Å². The molecule has 0 aromatic heterocycles. The molecule has 0 fully saturated rings. The highest BCUT2D eigenvalue weighted by Crippen LogP contribution is 2.30. The lowest BCUT2D eigenvalue weighted by Gasteiger charge is -2.22. The van der Waals surface area contributed by atoms with Gasteiger partial charge >= 0.3 is 0 Å². The highest BCUT2D eigenvalue weighted by molar-refractivity contribution is 7.94. The second kappa shape index (κ2) is 5.78. The smallest absolute Gasteiger partial charge is 0.132 e. The average molecular weight is 315 g/mol. The minimum Gasteiger partial charge on any atom is -0.573 e. The van der Waals surface area contributed by atoms with E-state index in [0.717, 1.165) is 6.07 Å². The van der Waals surface area contributed by atoms with Crippen LogP contribution < -0.4 is 5.73 Å². The van der Waals surface area contributed by atoms with Crippen LogP contribution in [0.1, 0.15) is 5.56 Å². The molecule has 106 valence electrons. The van der Waals surface area contributed by atoms with Crippen LogP contribution in [0.5, 0.6) is 0 Å². The molecule has 0 amide bonds. The molecule has 0 aliphatic heterocycles. The first-order valence-corrected chi connectivity index (χ1v) is 7.55. The molecule has 4 nitrogen and oxygen atoms in total. The Morgan fingerprint density at radius 3 is 2.60 bits per heavy atom. The quantitative estimate of drug-likeness (QED) is 0.941. The Kier molecular flexibility index (Phi) is 4.27. The van der Waals surface area contributed by atoms with Crippen molar-refractivity contribution in [2.24, 2.45) is 0 Å². The molecule has 2 aromatic carbocycles. The maximum Gasteiger partial charge on any atom is 0.132 e. The number of nitrogens with zero attached hydrogens (tertiary/aromatic N) is 1. The molecule has 0 bridgehead atoms. The number of halogens is 2. The van der Waals surface area contributed by atoms with Crippen molar-refractivity contribution < 1.29 is 18.5 Å². The fourth-order valence-electron chi connectivity index (χ4n) is 1.63. The summed E-state index contributed by atoms with van der Waals surface area (Å²) in [6.45, 7) is 0.159. The van der Waals surface area contributed by atoms with Crippen molar-refractivity contribution in [3.8, 4) is 0 Å². The third kappa shape index (κ3) is 3.27. The van der Waals surface area contributed by atoms with E-state index in [1.54, 1.807) is 12.1 Å². The van der Waals surface area contributed by atoms with Crippen LogP contribution in [0.2, 0.25) is 5.02 Å². The molecule has 0 aliphatic rings.